The smallest absolute Gasteiger partial charge is 0.281 e. The molecule has 0 aliphatic heterocycles. The Morgan fingerprint density at radius 1 is 1.14 bits per heavy atom. The first-order valence-corrected chi connectivity index (χ1v) is 8.31. The molecule has 2 rings (SSSR count). The molecule has 0 heterocycles. The number of hydrogen-bond donors (Lipinski definition) is 1. The van der Waals surface area contributed by atoms with Crippen LogP contribution in [0.5, 0.6) is 0 Å². The van der Waals surface area contributed by atoms with E-state index >= 15 is 0 Å². The lowest BCUT2D eigenvalue weighted by molar-refractivity contribution is -0.122. The van der Waals surface area contributed by atoms with Gasteiger partial charge in [0.25, 0.3) is 5.91 Å². The molecule has 0 radical (unpaired) electrons. The van der Waals surface area contributed by atoms with Crippen LogP contribution in [0.1, 0.15) is 11.1 Å². The summed E-state index contributed by atoms with van der Waals surface area (Å²) in [6.07, 6.45) is 0. The van der Waals surface area contributed by atoms with Crippen molar-refractivity contribution in [2.45, 2.75) is 18.4 Å². The van der Waals surface area contributed by atoms with Crippen LogP contribution in [0, 0.1) is 6.92 Å². The number of aryl methyl sites for hydroxylation is 1. The second kappa shape index (κ2) is 7.31. The van der Waals surface area contributed by atoms with Gasteiger partial charge in [-0.1, -0.05) is 48.0 Å². The molecule has 2 N–H and O–H groups in total. The zero-order valence-electron chi connectivity index (χ0n) is 12.3. The number of ether oxygens (including phenoxy) is 1. The zero-order chi connectivity index (χ0) is 16.0. The molecule has 2 aromatic carbocycles. The molecule has 22 heavy (non-hydrogen) atoms. The third-order valence-electron chi connectivity index (χ3n) is 2.93. The maximum absolute atomic E-state index is 12.3. The zero-order valence-corrected chi connectivity index (χ0v) is 13.1. The fraction of sp³-hybridized carbons (Fsp3) is 0.188. The molecule has 0 spiro atoms. The summed E-state index contributed by atoms with van der Waals surface area (Å²) in [6, 6.07) is 16.2. The quantitative estimate of drug-likeness (QED) is 0.919. The van der Waals surface area contributed by atoms with E-state index in [2.05, 4.69) is 4.36 Å². The van der Waals surface area contributed by atoms with Crippen molar-refractivity contribution in [2.75, 3.05) is 6.61 Å². The predicted octanol–water partition coefficient (Wildman–Crippen LogP) is 2.44. The van der Waals surface area contributed by atoms with Gasteiger partial charge in [-0.2, -0.15) is 0 Å². The highest BCUT2D eigenvalue weighted by Gasteiger charge is 2.10. The number of carbonyl (C=O) groups is 1. The summed E-state index contributed by atoms with van der Waals surface area (Å²) in [7, 11) is -3.23. The first-order valence-electron chi connectivity index (χ1n) is 6.73. The van der Waals surface area contributed by atoms with Crippen LogP contribution in [0.4, 0.5) is 0 Å². The number of nitrogens with zero attached hydrogens (tertiary/aromatic N) is 1. The van der Waals surface area contributed by atoms with Crippen LogP contribution in [-0.4, -0.2) is 16.7 Å². The molecule has 0 aliphatic rings. The normalized spacial score (nSPS) is 13.4. The van der Waals surface area contributed by atoms with Crippen molar-refractivity contribution < 1.29 is 13.7 Å². The molecule has 0 bridgehead atoms. The summed E-state index contributed by atoms with van der Waals surface area (Å²) >= 11 is 0. The first kappa shape index (κ1) is 16.4. The highest BCUT2D eigenvalue weighted by Crippen LogP contribution is 2.10. The lowest BCUT2D eigenvalue weighted by Crippen LogP contribution is -2.17. The highest BCUT2D eigenvalue weighted by molar-refractivity contribution is 7.91. The van der Waals surface area contributed by atoms with E-state index < -0.39 is 15.8 Å². The summed E-state index contributed by atoms with van der Waals surface area (Å²) in [6.45, 7) is 1.94. The number of hydrogen-bond acceptors (Lipinski definition) is 3. The van der Waals surface area contributed by atoms with Gasteiger partial charge in [-0.25, -0.2) is 9.35 Å². The molecule has 116 valence electrons. The average Bonchev–Trinajstić information content (AvgIpc) is 2.48. The minimum Gasteiger partial charge on any atom is -0.367 e. The molecule has 1 amide bonds. The van der Waals surface area contributed by atoms with Gasteiger partial charge in [0.1, 0.15) is 16.5 Å². The maximum atomic E-state index is 12.3. The number of nitrogens with two attached hydrogens (primary N) is 1. The maximum Gasteiger partial charge on any atom is 0.281 e. The van der Waals surface area contributed by atoms with Crippen molar-refractivity contribution in [3.8, 4) is 0 Å². The summed E-state index contributed by atoms with van der Waals surface area (Å²) in [5, 5.41) is 5.66. The highest BCUT2D eigenvalue weighted by atomic mass is 32.2. The Hall–Kier alpha value is -2.02. The van der Waals surface area contributed by atoms with E-state index in [0.29, 0.717) is 11.5 Å². The van der Waals surface area contributed by atoms with E-state index in [9.17, 15) is 9.00 Å². The van der Waals surface area contributed by atoms with Gasteiger partial charge in [-0.15, -0.1) is 4.36 Å². The Morgan fingerprint density at radius 2 is 1.77 bits per heavy atom. The van der Waals surface area contributed by atoms with Gasteiger partial charge in [0.15, 0.2) is 0 Å². The van der Waals surface area contributed by atoms with Crippen molar-refractivity contribution in [2.24, 2.45) is 9.50 Å². The molecule has 0 saturated carbocycles. The minimum absolute atomic E-state index is 0.255. The first-order chi connectivity index (χ1) is 10.5. The summed E-state index contributed by atoms with van der Waals surface area (Å²) < 4.78 is 21.1. The van der Waals surface area contributed by atoms with Crippen molar-refractivity contribution >= 4 is 15.8 Å². The van der Waals surface area contributed by atoms with Crippen molar-refractivity contribution in [3.63, 3.8) is 0 Å². The molecule has 1 unspecified atom stereocenters. The van der Waals surface area contributed by atoms with Crippen LogP contribution >= 0.6 is 0 Å². The molecule has 2 aromatic rings. The molecule has 1 atom stereocenters. The Balaban J connectivity index is 1.97. The Morgan fingerprint density at radius 3 is 2.41 bits per heavy atom. The average molecular weight is 318 g/mol. The van der Waals surface area contributed by atoms with Gasteiger partial charge < -0.3 is 4.74 Å². The topological polar surface area (TPSA) is 81.8 Å². The Kier molecular flexibility index (Phi) is 5.43. The fourth-order valence-corrected chi connectivity index (χ4v) is 2.78. The van der Waals surface area contributed by atoms with Gasteiger partial charge in [0.05, 0.1) is 11.5 Å². The molecule has 0 saturated heterocycles. The third-order valence-corrected chi connectivity index (χ3v) is 4.36. The number of carbonyl (C=O) groups excluding carboxylic acids is 1. The molecule has 6 heteroatoms. The van der Waals surface area contributed by atoms with Crippen LogP contribution < -0.4 is 5.14 Å². The predicted molar refractivity (Wildman–Crippen MR) is 85.3 cm³/mol. The van der Waals surface area contributed by atoms with Crippen molar-refractivity contribution in [1.29, 1.82) is 0 Å². The molecule has 5 nitrogen and oxygen atoms in total. The number of benzene rings is 2. The van der Waals surface area contributed by atoms with Crippen molar-refractivity contribution in [3.05, 3.63) is 65.7 Å². The van der Waals surface area contributed by atoms with Crippen LogP contribution in [0.3, 0.4) is 0 Å². The van der Waals surface area contributed by atoms with Gasteiger partial charge in [0.2, 0.25) is 0 Å². The van der Waals surface area contributed by atoms with E-state index in [4.69, 9.17) is 9.88 Å². The third kappa shape index (κ3) is 4.77. The summed E-state index contributed by atoms with van der Waals surface area (Å²) in [5.74, 6) is -0.635. The summed E-state index contributed by atoms with van der Waals surface area (Å²) in [5.41, 5.74) is 1.96. The fourth-order valence-electron chi connectivity index (χ4n) is 1.79. The van der Waals surface area contributed by atoms with E-state index in [1.165, 1.54) is 0 Å². The van der Waals surface area contributed by atoms with Gasteiger partial charge in [-0.3, -0.25) is 4.79 Å². The molecule has 0 aliphatic carbocycles. The van der Waals surface area contributed by atoms with Crippen LogP contribution in [0.2, 0.25) is 0 Å². The molecular weight excluding hydrogens is 300 g/mol. The Labute approximate surface area is 130 Å². The van der Waals surface area contributed by atoms with E-state index in [-0.39, 0.29) is 6.61 Å². The lowest BCUT2D eigenvalue weighted by Gasteiger charge is -2.05. The minimum atomic E-state index is -3.23. The van der Waals surface area contributed by atoms with E-state index in [0.717, 1.165) is 11.1 Å². The molecular formula is C16H18N2O3S. The molecule has 0 fully saturated rings. The lowest BCUT2D eigenvalue weighted by atomic mass is 10.2. The van der Waals surface area contributed by atoms with Gasteiger partial charge >= 0.3 is 0 Å². The van der Waals surface area contributed by atoms with Gasteiger partial charge in [0, 0.05) is 0 Å². The van der Waals surface area contributed by atoms with E-state index in [1.807, 2.05) is 37.3 Å². The van der Waals surface area contributed by atoms with Crippen LogP contribution in [0.15, 0.2) is 63.9 Å². The van der Waals surface area contributed by atoms with Gasteiger partial charge in [-0.05, 0) is 24.6 Å². The summed E-state index contributed by atoms with van der Waals surface area (Å²) in [4.78, 5) is 12.1. The van der Waals surface area contributed by atoms with Crippen molar-refractivity contribution in [1.82, 2.24) is 0 Å². The standard InChI is InChI=1S/C16H18N2O3S/c1-13-7-9-15(10-8-13)22(17,20)18-16(19)12-21-11-14-5-3-2-4-6-14/h2-10H,11-12H2,1H3,(H2,17,18,19,20). The second-order valence-corrected chi connectivity index (χ2v) is 6.64. The molecule has 0 aromatic heterocycles. The monoisotopic (exact) mass is 318 g/mol. The second-order valence-electron chi connectivity index (χ2n) is 4.85. The van der Waals surface area contributed by atoms with Crippen LogP contribution in [-0.2, 0) is 26.1 Å². The largest absolute Gasteiger partial charge is 0.367 e. The Bertz CT molecular complexity index is 749. The number of rotatable bonds is 5. The van der Waals surface area contributed by atoms with Crippen LogP contribution in [0.25, 0.3) is 0 Å². The number of amides is 1. The van der Waals surface area contributed by atoms with E-state index in [1.54, 1.807) is 24.3 Å². The SMILES string of the molecule is Cc1ccc(S(N)(=O)=NC(=O)COCc2ccccc2)cc1.